The number of ether oxygens (including phenoxy) is 1. The Morgan fingerprint density at radius 2 is 1.72 bits per heavy atom. The van der Waals surface area contributed by atoms with Crippen LogP contribution in [0.1, 0.15) is 25.5 Å². The molecular weight excluding hydrogens is 336 g/mol. The highest BCUT2D eigenvalue weighted by Gasteiger charge is 2.18. The summed E-state index contributed by atoms with van der Waals surface area (Å²) in [5.74, 6) is 0.357. The molecule has 2 aromatic rings. The summed E-state index contributed by atoms with van der Waals surface area (Å²) in [6.07, 6.45) is 0. The summed E-state index contributed by atoms with van der Waals surface area (Å²) in [4.78, 5) is 14.5. The van der Waals surface area contributed by atoms with Crippen LogP contribution in [0.3, 0.4) is 0 Å². The largest absolute Gasteiger partial charge is 0.482 e. The van der Waals surface area contributed by atoms with Crippen LogP contribution in [-0.2, 0) is 4.79 Å². The molecular formula is C20H25ClN2O2. The zero-order valence-electron chi connectivity index (χ0n) is 14.7. The zero-order chi connectivity index (χ0) is 18.1. The molecule has 2 rings (SSSR count). The Kier molecular flexibility index (Phi) is 7.76. The molecule has 4 nitrogen and oxygen atoms in total. The Labute approximate surface area is 154 Å². The van der Waals surface area contributed by atoms with Gasteiger partial charge in [-0.3, -0.25) is 9.69 Å². The first-order chi connectivity index (χ1) is 12.2. The summed E-state index contributed by atoms with van der Waals surface area (Å²) in [5.41, 5.74) is 1.19. The molecule has 0 bridgehead atoms. The first-order valence-corrected chi connectivity index (χ1v) is 8.96. The second-order valence-electron chi connectivity index (χ2n) is 5.67. The third-order valence-corrected chi connectivity index (χ3v) is 4.44. The van der Waals surface area contributed by atoms with Crippen molar-refractivity contribution in [1.29, 1.82) is 0 Å². The molecule has 134 valence electrons. The molecule has 25 heavy (non-hydrogen) atoms. The molecule has 0 radical (unpaired) electrons. The first-order valence-electron chi connectivity index (χ1n) is 8.58. The number of carbonyl (C=O) groups is 1. The molecule has 0 fully saturated rings. The molecule has 1 N–H and O–H groups in total. The number of hydrogen-bond acceptors (Lipinski definition) is 3. The molecule has 0 saturated heterocycles. The van der Waals surface area contributed by atoms with Crippen LogP contribution in [0, 0.1) is 0 Å². The fraction of sp³-hybridized carbons (Fsp3) is 0.350. The number of benzene rings is 2. The lowest BCUT2D eigenvalue weighted by molar-refractivity contribution is -0.123. The molecule has 0 unspecified atom stereocenters. The van der Waals surface area contributed by atoms with Gasteiger partial charge in [0.25, 0.3) is 5.91 Å². The average molecular weight is 361 g/mol. The summed E-state index contributed by atoms with van der Waals surface area (Å²) < 4.78 is 5.49. The normalized spacial score (nSPS) is 12.0. The van der Waals surface area contributed by atoms with E-state index >= 15 is 0 Å². The minimum Gasteiger partial charge on any atom is -0.482 e. The van der Waals surface area contributed by atoms with Crippen LogP contribution in [0.5, 0.6) is 5.75 Å². The summed E-state index contributed by atoms with van der Waals surface area (Å²) in [5, 5.41) is 3.47. The quantitative estimate of drug-likeness (QED) is 0.737. The lowest BCUT2D eigenvalue weighted by Crippen LogP contribution is -2.39. The van der Waals surface area contributed by atoms with Gasteiger partial charge in [-0.25, -0.2) is 0 Å². The van der Waals surface area contributed by atoms with Gasteiger partial charge in [0, 0.05) is 6.54 Å². The number of likely N-dealkylation sites (N-methyl/N-ethyl adjacent to an activating group) is 1. The van der Waals surface area contributed by atoms with E-state index in [4.69, 9.17) is 16.3 Å². The van der Waals surface area contributed by atoms with E-state index in [0.29, 0.717) is 17.3 Å². The Bertz CT molecular complexity index is 660. The lowest BCUT2D eigenvalue weighted by Gasteiger charge is -2.30. The molecule has 0 aliphatic heterocycles. The fourth-order valence-corrected chi connectivity index (χ4v) is 2.95. The van der Waals surface area contributed by atoms with Crippen molar-refractivity contribution >= 4 is 17.5 Å². The van der Waals surface area contributed by atoms with E-state index in [1.54, 1.807) is 12.1 Å². The number of nitrogens with zero attached hydrogens (tertiary/aromatic N) is 1. The monoisotopic (exact) mass is 360 g/mol. The molecule has 0 aromatic heterocycles. The Morgan fingerprint density at radius 3 is 2.36 bits per heavy atom. The first kappa shape index (κ1) is 19.3. The highest BCUT2D eigenvalue weighted by atomic mass is 35.5. The van der Waals surface area contributed by atoms with Crippen LogP contribution in [-0.4, -0.2) is 37.0 Å². The molecule has 1 amide bonds. The van der Waals surface area contributed by atoms with E-state index < -0.39 is 0 Å². The third kappa shape index (κ3) is 5.76. The number of rotatable bonds is 9. The Balaban J connectivity index is 1.93. The maximum absolute atomic E-state index is 12.2. The van der Waals surface area contributed by atoms with Gasteiger partial charge < -0.3 is 10.1 Å². The van der Waals surface area contributed by atoms with Gasteiger partial charge >= 0.3 is 0 Å². The lowest BCUT2D eigenvalue weighted by atomic mass is 10.1. The van der Waals surface area contributed by atoms with Gasteiger partial charge in [0.2, 0.25) is 0 Å². The van der Waals surface area contributed by atoms with E-state index in [1.807, 2.05) is 30.3 Å². The van der Waals surface area contributed by atoms with Gasteiger partial charge in [0.05, 0.1) is 11.1 Å². The number of hydrogen-bond donors (Lipinski definition) is 1. The van der Waals surface area contributed by atoms with Crippen molar-refractivity contribution in [2.75, 3.05) is 26.2 Å². The molecule has 0 saturated carbocycles. The Hall–Kier alpha value is -2.04. The van der Waals surface area contributed by atoms with Crippen LogP contribution < -0.4 is 10.1 Å². The van der Waals surface area contributed by atoms with Crippen LogP contribution in [0.15, 0.2) is 54.6 Å². The highest BCUT2D eigenvalue weighted by Crippen LogP contribution is 2.23. The van der Waals surface area contributed by atoms with E-state index in [-0.39, 0.29) is 18.6 Å². The second-order valence-corrected chi connectivity index (χ2v) is 6.08. The zero-order valence-corrected chi connectivity index (χ0v) is 15.5. The molecule has 0 aliphatic carbocycles. The molecule has 1 atom stereocenters. The number of amides is 1. The van der Waals surface area contributed by atoms with E-state index in [2.05, 4.69) is 36.2 Å². The van der Waals surface area contributed by atoms with Crippen molar-refractivity contribution in [3.63, 3.8) is 0 Å². The highest BCUT2D eigenvalue weighted by molar-refractivity contribution is 6.32. The standard InChI is InChI=1S/C20H25ClN2O2/c1-3-23(4-2)18(16-10-6-5-7-11-16)14-22-20(24)15-25-19-13-9-8-12-17(19)21/h5-13,18H,3-4,14-15H2,1-2H3,(H,22,24)/t18-/m1/s1. The molecule has 0 spiro atoms. The number of para-hydroxylation sites is 1. The van der Waals surface area contributed by atoms with Crippen LogP contribution in [0.25, 0.3) is 0 Å². The van der Waals surface area contributed by atoms with Gasteiger partial charge in [-0.1, -0.05) is 67.9 Å². The van der Waals surface area contributed by atoms with E-state index in [9.17, 15) is 4.79 Å². The number of halogens is 1. The van der Waals surface area contributed by atoms with Crippen molar-refractivity contribution in [3.8, 4) is 5.75 Å². The molecule has 0 aliphatic rings. The van der Waals surface area contributed by atoms with Gasteiger partial charge in [-0.2, -0.15) is 0 Å². The summed E-state index contributed by atoms with van der Waals surface area (Å²) in [6.45, 7) is 6.58. The predicted octanol–water partition coefficient (Wildman–Crippen LogP) is 3.92. The molecule has 0 heterocycles. The van der Waals surface area contributed by atoms with Crippen molar-refractivity contribution in [3.05, 3.63) is 65.2 Å². The number of carbonyl (C=O) groups excluding carboxylic acids is 1. The van der Waals surface area contributed by atoms with Crippen molar-refractivity contribution in [1.82, 2.24) is 10.2 Å². The smallest absolute Gasteiger partial charge is 0.258 e. The number of nitrogens with one attached hydrogen (secondary N) is 1. The minimum absolute atomic E-state index is 0.0521. The average Bonchev–Trinajstić information content (AvgIpc) is 2.65. The van der Waals surface area contributed by atoms with Crippen LogP contribution >= 0.6 is 11.6 Å². The van der Waals surface area contributed by atoms with Gasteiger partial charge in [0.1, 0.15) is 5.75 Å². The minimum atomic E-state index is -0.159. The second kappa shape index (κ2) is 10.1. The van der Waals surface area contributed by atoms with Crippen LogP contribution in [0.4, 0.5) is 0 Å². The topological polar surface area (TPSA) is 41.6 Å². The molecule has 5 heteroatoms. The van der Waals surface area contributed by atoms with Gasteiger partial charge in [-0.05, 0) is 30.8 Å². The third-order valence-electron chi connectivity index (χ3n) is 4.13. The SMILES string of the molecule is CCN(CC)[C@H](CNC(=O)COc1ccccc1Cl)c1ccccc1. The van der Waals surface area contributed by atoms with Crippen molar-refractivity contribution in [2.45, 2.75) is 19.9 Å². The fourth-order valence-electron chi connectivity index (χ4n) is 2.76. The summed E-state index contributed by atoms with van der Waals surface area (Å²) >= 11 is 6.03. The Morgan fingerprint density at radius 1 is 1.08 bits per heavy atom. The van der Waals surface area contributed by atoms with E-state index in [0.717, 1.165) is 13.1 Å². The maximum atomic E-state index is 12.2. The maximum Gasteiger partial charge on any atom is 0.258 e. The predicted molar refractivity (Wildman–Crippen MR) is 102 cm³/mol. The van der Waals surface area contributed by atoms with Gasteiger partial charge in [0.15, 0.2) is 6.61 Å². The van der Waals surface area contributed by atoms with E-state index in [1.165, 1.54) is 5.56 Å². The van der Waals surface area contributed by atoms with Crippen molar-refractivity contribution < 1.29 is 9.53 Å². The summed E-state index contributed by atoms with van der Waals surface area (Å²) in [7, 11) is 0. The van der Waals surface area contributed by atoms with Crippen LogP contribution in [0.2, 0.25) is 5.02 Å². The molecule has 2 aromatic carbocycles. The van der Waals surface area contributed by atoms with Crippen molar-refractivity contribution in [2.24, 2.45) is 0 Å². The summed E-state index contributed by atoms with van der Waals surface area (Å²) in [6, 6.07) is 17.5. The van der Waals surface area contributed by atoms with Gasteiger partial charge in [-0.15, -0.1) is 0 Å².